The van der Waals surface area contributed by atoms with Gasteiger partial charge in [0.25, 0.3) is 5.91 Å². The first-order valence-corrected chi connectivity index (χ1v) is 6.76. The molecule has 1 aliphatic rings. The first-order chi connectivity index (χ1) is 8.58. The Hall–Kier alpha value is -1.06. The maximum atomic E-state index is 12.2. The van der Waals surface area contributed by atoms with Crippen LogP contribution < -0.4 is 10.6 Å². The molecule has 98 valence electrons. The van der Waals surface area contributed by atoms with Crippen LogP contribution in [0.2, 0.25) is 5.02 Å². The lowest BCUT2D eigenvalue weighted by Gasteiger charge is -2.30. The summed E-state index contributed by atoms with van der Waals surface area (Å²) in [5.41, 5.74) is 1.62. The lowest BCUT2D eigenvalue weighted by molar-refractivity contribution is 0.0920. The number of aryl methyl sites for hydroxylation is 1. The van der Waals surface area contributed by atoms with Gasteiger partial charge in [-0.15, -0.1) is 0 Å². The molecule has 0 aromatic heterocycles. The lowest BCUT2D eigenvalue weighted by atomic mass is 9.99. The zero-order valence-electron chi connectivity index (χ0n) is 10.8. The number of benzene rings is 1. The molecule has 2 unspecified atom stereocenters. The molecule has 1 heterocycles. The van der Waals surface area contributed by atoms with E-state index in [4.69, 9.17) is 11.6 Å². The number of hydrogen-bond donors (Lipinski definition) is 2. The average molecular weight is 267 g/mol. The zero-order chi connectivity index (χ0) is 13.1. The Balaban J connectivity index is 2.07. The van der Waals surface area contributed by atoms with Gasteiger partial charge in [0.2, 0.25) is 0 Å². The highest BCUT2D eigenvalue weighted by Gasteiger charge is 2.23. The van der Waals surface area contributed by atoms with Crippen molar-refractivity contribution < 1.29 is 4.79 Å². The minimum Gasteiger partial charge on any atom is -0.348 e. The molecule has 1 saturated heterocycles. The van der Waals surface area contributed by atoms with E-state index in [0.717, 1.165) is 24.9 Å². The van der Waals surface area contributed by atoms with E-state index in [-0.39, 0.29) is 11.9 Å². The number of piperidine rings is 1. The van der Waals surface area contributed by atoms with Crippen LogP contribution in [-0.2, 0) is 0 Å². The summed E-state index contributed by atoms with van der Waals surface area (Å²) < 4.78 is 0. The minimum atomic E-state index is -0.0828. The number of carbonyl (C=O) groups excluding carboxylic acids is 1. The average Bonchev–Trinajstić information content (AvgIpc) is 2.32. The van der Waals surface area contributed by atoms with E-state index in [1.165, 1.54) is 0 Å². The highest BCUT2D eigenvalue weighted by molar-refractivity contribution is 6.33. The van der Waals surface area contributed by atoms with Crippen molar-refractivity contribution >= 4 is 17.5 Å². The number of amides is 1. The molecule has 1 amide bonds. The molecule has 4 heteroatoms. The Morgan fingerprint density at radius 2 is 2.28 bits per heavy atom. The van der Waals surface area contributed by atoms with Crippen molar-refractivity contribution in [2.45, 2.75) is 38.8 Å². The van der Waals surface area contributed by atoms with Crippen molar-refractivity contribution in [3.05, 3.63) is 34.3 Å². The molecule has 0 radical (unpaired) electrons. The van der Waals surface area contributed by atoms with Crippen LogP contribution in [0, 0.1) is 6.92 Å². The highest BCUT2D eigenvalue weighted by Crippen LogP contribution is 2.18. The van der Waals surface area contributed by atoms with Crippen LogP contribution in [-0.4, -0.2) is 24.5 Å². The Morgan fingerprint density at radius 3 is 2.94 bits per heavy atom. The second-order valence-electron chi connectivity index (χ2n) is 4.95. The Bertz CT molecular complexity index is 447. The second kappa shape index (κ2) is 5.72. The van der Waals surface area contributed by atoms with Crippen molar-refractivity contribution in [1.29, 1.82) is 0 Å². The van der Waals surface area contributed by atoms with E-state index in [0.29, 0.717) is 16.6 Å². The zero-order valence-corrected chi connectivity index (χ0v) is 11.6. The van der Waals surface area contributed by atoms with Gasteiger partial charge in [-0.2, -0.15) is 0 Å². The maximum absolute atomic E-state index is 12.2. The van der Waals surface area contributed by atoms with Crippen LogP contribution in [0.4, 0.5) is 0 Å². The fraction of sp³-hybridized carbons (Fsp3) is 0.500. The molecule has 1 aromatic rings. The SMILES string of the molecule is Cc1ccc(C(=O)NC2CCCNC2C)c(Cl)c1. The Kier molecular flexibility index (Phi) is 4.25. The number of halogens is 1. The molecule has 18 heavy (non-hydrogen) atoms. The van der Waals surface area contributed by atoms with Gasteiger partial charge in [0.15, 0.2) is 0 Å². The Morgan fingerprint density at radius 1 is 1.50 bits per heavy atom. The summed E-state index contributed by atoms with van der Waals surface area (Å²) in [6.45, 7) is 5.08. The van der Waals surface area contributed by atoms with Gasteiger partial charge in [-0.3, -0.25) is 4.79 Å². The fourth-order valence-electron chi connectivity index (χ4n) is 2.29. The quantitative estimate of drug-likeness (QED) is 0.864. The van der Waals surface area contributed by atoms with Crippen molar-refractivity contribution in [3.8, 4) is 0 Å². The summed E-state index contributed by atoms with van der Waals surface area (Å²) in [5, 5.41) is 6.94. The summed E-state index contributed by atoms with van der Waals surface area (Å²) in [6, 6.07) is 6.01. The van der Waals surface area contributed by atoms with Crippen LogP contribution in [0.3, 0.4) is 0 Å². The summed E-state index contributed by atoms with van der Waals surface area (Å²) in [4.78, 5) is 12.2. The molecule has 0 bridgehead atoms. The first-order valence-electron chi connectivity index (χ1n) is 6.38. The number of rotatable bonds is 2. The topological polar surface area (TPSA) is 41.1 Å². The second-order valence-corrected chi connectivity index (χ2v) is 5.36. The van der Waals surface area contributed by atoms with Crippen LogP contribution in [0.25, 0.3) is 0 Å². The molecule has 3 nitrogen and oxygen atoms in total. The molecular weight excluding hydrogens is 248 g/mol. The molecule has 0 aliphatic carbocycles. The van der Waals surface area contributed by atoms with Gasteiger partial charge in [-0.05, 0) is 50.9 Å². The largest absolute Gasteiger partial charge is 0.348 e. The smallest absolute Gasteiger partial charge is 0.253 e. The molecule has 1 aromatic carbocycles. The molecular formula is C14H19ClN2O. The van der Waals surface area contributed by atoms with E-state index in [1.54, 1.807) is 6.07 Å². The van der Waals surface area contributed by atoms with E-state index in [9.17, 15) is 4.79 Å². The molecule has 2 atom stereocenters. The standard InChI is InChI=1S/C14H19ClN2O/c1-9-5-6-11(12(15)8-9)14(18)17-13-4-3-7-16-10(13)2/h5-6,8,10,13,16H,3-4,7H2,1-2H3,(H,17,18). The first kappa shape index (κ1) is 13.4. The molecule has 2 N–H and O–H groups in total. The van der Waals surface area contributed by atoms with Gasteiger partial charge in [-0.1, -0.05) is 17.7 Å². The van der Waals surface area contributed by atoms with Gasteiger partial charge in [0, 0.05) is 12.1 Å². The lowest BCUT2D eigenvalue weighted by Crippen LogP contribution is -2.51. The summed E-state index contributed by atoms with van der Waals surface area (Å²) in [7, 11) is 0. The predicted octanol–water partition coefficient (Wildman–Crippen LogP) is 2.52. The van der Waals surface area contributed by atoms with Gasteiger partial charge in [-0.25, -0.2) is 0 Å². The number of hydrogen-bond acceptors (Lipinski definition) is 2. The van der Waals surface area contributed by atoms with E-state index in [1.807, 2.05) is 19.1 Å². The Labute approximate surface area is 113 Å². The summed E-state index contributed by atoms with van der Waals surface area (Å²) in [5.74, 6) is -0.0828. The van der Waals surface area contributed by atoms with Gasteiger partial charge in [0.1, 0.15) is 0 Å². The minimum absolute atomic E-state index is 0.0828. The monoisotopic (exact) mass is 266 g/mol. The molecule has 0 spiro atoms. The fourth-order valence-corrected chi connectivity index (χ4v) is 2.61. The van der Waals surface area contributed by atoms with Crippen LogP contribution in [0.15, 0.2) is 18.2 Å². The van der Waals surface area contributed by atoms with E-state index < -0.39 is 0 Å². The van der Waals surface area contributed by atoms with E-state index >= 15 is 0 Å². The summed E-state index contributed by atoms with van der Waals surface area (Å²) >= 11 is 6.10. The molecule has 1 fully saturated rings. The van der Waals surface area contributed by atoms with Crippen molar-refractivity contribution in [2.75, 3.05) is 6.54 Å². The van der Waals surface area contributed by atoms with Crippen LogP contribution >= 0.6 is 11.6 Å². The summed E-state index contributed by atoms with van der Waals surface area (Å²) in [6.07, 6.45) is 2.11. The van der Waals surface area contributed by atoms with Gasteiger partial charge in [0.05, 0.1) is 10.6 Å². The number of nitrogens with one attached hydrogen (secondary N) is 2. The normalized spacial score (nSPS) is 23.7. The van der Waals surface area contributed by atoms with Gasteiger partial charge < -0.3 is 10.6 Å². The predicted molar refractivity (Wildman–Crippen MR) is 74.1 cm³/mol. The third kappa shape index (κ3) is 3.03. The molecule has 1 aliphatic heterocycles. The van der Waals surface area contributed by atoms with Gasteiger partial charge >= 0.3 is 0 Å². The third-order valence-corrected chi connectivity index (χ3v) is 3.76. The maximum Gasteiger partial charge on any atom is 0.253 e. The van der Waals surface area contributed by atoms with Crippen LogP contribution in [0.5, 0.6) is 0 Å². The van der Waals surface area contributed by atoms with Crippen molar-refractivity contribution in [1.82, 2.24) is 10.6 Å². The number of carbonyl (C=O) groups is 1. The van der Waals surface area contributed by atoms with Crippen LogP contribution in [0.1, 0.15) is 35.7 Å². The molecule has 2 rings (SSSR count). The highest BCUT2D eigenvalue weighted by atomic mass is 35.5. The van der Waals surface area contributed by atoms with E-state index in [2.05, 4.69) is 17.6 Å². The van der Waals surface area contributed by atoms with Crippen molar-refractivity contribution in [2.24, 2.45) is 0 Å². The molecule has 0 saturated carbocycles. The third-order valence-electron chi connectivity index (χ3n) is 3.45. The van der Waals surface area contributed by atoms with Crippen molar-refractivity contribution in [3.63, 3.8) is 0 Å².